The van der Waals surface area contributed by atoms with Crippen LogP contribution >= 0.6 is 34.8 Å². The number of halogens is 3. The van der Waals surface area contributed by atoms with Gasteiger partial charge in [-0.3, -0.25) is 4.79 Å². The van der Waals surface area contributed by atoms with Crippen LogP contribution in [0.3, 0.4) is 0 Å². The van der Waals surface area contributed by atoms with Gasteiger partial charge in [0, 0.05) is 31.2 Å². The van der Waals surface area contributed by atoms with Crippen molar-refractivity contribution in [1.29, 1.82) is 0 Å². The summed E-state index contributed by atoms with van der Waals surface area (Å²) in [5, 5.41) is 4.50. The SMILES string of the molecule is CN1CCN(c2ccc(Cl)cc2NC(=O)Cc2ccc(Cl)c(Cl)c2)CC1. The Labute approximate surface area is 168 Å². The number of hydrogen-bond donors (Lipinski definition) is 1. The molecule has 4 nitrogen and oxygen atoms in total. The van der Waals surface area contributed by atoms with Crippen molar-refractivity contribution < 1.29 is 4.79 Å². The molecule has 1 saturated heterocycles. The average molecular weight is 413 g/mol. The molecule has 2 aromatic rings. The van der Waals surface area contributed by atoms with Gasteiger partial charge in [-0.15, -0.1) is 0 Å². The summed E-state index contributed by atoms with van der Waals surface area (Å²) >= 11 is 18.1. The molecule has 0 unspecified atom stereocenters. The summed E-state index contributed by atoms with van der Waals surface area (Å²) in [5.74, 6) is -0.124. The van der Waals surface area contributed by atoms with Gasteiger partial charge in [0.15, 0.2) is 0 Å². The number of piperazine rings is 1. The van der Waals surface area contributed by atoms with E-state index in [4.69, 9.17) is 34.8 Å². The molecule has 0 atom stereocenters. The van der Waals surface area contributed by atoms with Gasteiger partial charge in [0.2, 0.25) is 5.91 Å². The highest BCUT2D eigenvalue weighted by Crippen LogP contribution is 2.30. The molecule has 1 fully saturated rings. The first-order chi connectivity index (χ1) is 12.4. The lowest BCUT2D eigenvalue weighted by Gasteiger charge is -2.35. The number of anilines is 2. The van der Waals surface area contributed by atoms with Crippen molar-refractivity contribution >= 4 is 52.1 Å². The van der Waals surface area contributed by atoms with Crippen molar-refractivity contribution in [3.05, 3.63) is 57.0 Å². The number of nitrogens with zero attached hydrogens (tertiary/aromatic N) is 2. The average Bonchev–Trinajstić information content (AvgIpc) is 2.59. The molecule has 2 aromatic carbocycles. The van der Waals surface area contributed by atoms with Crippen LogP contribution in [0, 0.1) is 0 Å². The normalized spacial score (nSPS) is 15.2. The van der Waals surface area contributed by atoms with E-state index in [0.29, 0.717) is 15.1 Å². The maximum atomic E-state index is 12.5. The van der Waals surface area contributed by atoms with Crippen molar-refractivity contribution in [2.75, 3.05) is 43.4 Å². The number of carbonyl (C=O) groups excluding carboxylic acids is 1. The maximum absolute atomic E-state index is 12.5. The van der Waals surface area contributed by atoms with Crippen molar-refractivity contribution in [2.24, 2.45) is 0 Å². The summed E-state index contributed by atoms with van der Waals surface area (Å²) in [7, 11) is 2.11. The number of nitrogens with one attached hydrogen (secondary N) is 1. The fourth-order valence-electron chi connectivity index (χ4n) is 2.96. The molecule has 1 aliphatic rings. The third-order valence-electron chi connectivity index (χ3n) is 4.43. The second-order valence-corrected chi connectivity index (χ2v) is 7.68. The van der Waals surface area contributed by atoms with Crippen LogP contribution in [-0.4, -0.2) is 44.0 Å². The highest BCUT2D eigenvalue weighted by atomic mass is 35.5. The fourth-order valence-corrected chi connectivity index (χ4v) is 3.45. The predicted molar refractivity (Wildman–Crippen MR) is 110 cm³/mol. The van der Waals surface area contributed by atoms with Gasteiger partial charge in [-0.2, -0.15) is 0 Å². The highest BCUT2D eigenvalue weighted by Gasteiger charge is 2.18. The van der Waals surface area contributed by atoms with E-state index in [-0.39, 0.29) is 12.3 Å². The summed E-state index contributed by atoms with van der Waals surface area (Å²) in [4.78, 5) is 17.1. The molecule has 1 heterocycles. The quantitative estimate of drug-likeness (QED) is 0.798. The van der Waals surface area contributed by atoms with Crippen LogP contribution in [0.15, 0.2) is 36.4 Å². The minimum Gasteiger partial charge on any atom is -0.367 e. The van der Waals surface area contributed by atoms with Crippen LogP contribution in [-0.2, 0) is 11.2 Å². The second-order valence-electron chi connectivity index (χ2n) is 6.43. The first-order valence-corrected chi connectivity index (χ1v) is 9.52. The third-order valence-corrected chi connectivity index (χ3v) is 5.40. The van der Waals surface area contributed by atoms with Gasteiger partial charge < -0.3 is 15.1 Å². The Morgan fingerprint density at radius 2 is 1.73 bits per heavy atom. The van der Waals surface area contributed by atoms with E-state index in [2.05, 4.69) is 22.2 Å². The zero-order chi connectivity index (χ0) is 18.7. The lowest BCUT2D eigenvalue weighted by Crippen LogP contribution is -2.44. The van der Waals surface area contributed by atoms with Gasteiger partial charge in [0.05, 0.1) is 27.8 Å². The Balaban J connectivity index is 1.74. The molecule has 1 aliphatic heterocycles. The summed E-state index contributed by atoms with van der Waals surface area (Å²) in [5.41, 5.74) is 2.53. The van der Waals surface area contributed by atoms with E-state index >= 15 is 0 Å². The molecule has 1 N–H and O–H groups in total. The van der Waals surface area contributed by atoms with E-state index in [1.165, 1.54) is 0 Å². The van der Waals surface area contributed by atoms with Crippen LogP contribution in [0.4, 0.5) is 11.4 Å². The Hall–Kier alpha value is -1.46. The molecule has 0 bridgehead atoms. The maximum Gasteiger partial charge on any atom is 0.228 e. The second kappa shape index (κ2) is 8.49. The Morgan fingerprint density at radius 1 is 1.00 bits per heavy atom. The molecule has 0 radical (unpaired) electrons. The van der Waals surface area contributed by atoms with Crippen molar-refractivity contribution in [2.45, 2.75) is 6.42 Å². The van der Waals surface area contributed by atoms with Crippen molar-refractivity contribution in [3.63, 3.8) is 0 Å². The zero-order valence-corrected chi connectivity index (χ0v) is 16.7. The molecule has 1 amide bonds. The molecule has 138 valence electrons. The summed E-state index contributed by atoms with van der Waals surface area (Å²) < 4.78 is 0. The van der Waals surface area contributed by atoms with E-state index in [1.807, 2.05) is 12.1 Å². The van der Waals surface area contributed by atoms with E-state index in [0.717, 1.165) is 43.1 Å². The molecular formula is C19H20Cl3N3O. The molecule has 7 heteroatoms. The highest BCUT2D eigenvalue weighted by molar-refractivity contribution is 6.42. The Morgan fingerprint density at radius 3 is 2.42 bits per heavy atom. The van der Waals surface area contributed by atoms with Crippen molar-refractivity contribution in [1.82, 2.24) is 4.90 Å². The fraction of sp³-hybridized carbons (Fsp3) is 0.316. The first-order valence-electron chi connectivity index (χ1n) is 8.39. The van der Waals surface area contributed by atoms with Crippen LogP contribution in [0.25, 0.3) is 0 Å². The number of carbonyl (C=O) groups is 1. The molecule has 0 saturated carbocycles. The molecule has 26 heavy (non-hydrogen) atoms. The number of amides is 1. The van der Waals surface area contributed by atoms with Gasteiger partial charge >= 0.3 is 0 Å². The van der Waals surface area contributed by atoms with E-state index < -0.39 is 0 Å². The Kier molecular flexibility index (Phi) is 6.30. The van der Waals surface area contributed by atoms with Crippen LogP contribution in [0.5, 0.6) is 0 Å². The standard InChI is InChI=1S/C19H20Cl3N3O/c1-24-6-8-25(9-7-24)18-5-3-14(20)12-17(18)23-19(26)11-13-2-4-15(21)16(22)10-13/h2-5,10,12H,6-9,11H2,1H3,(H,23,26). The third kappa shape index (κ3) is 4.83. The topological polar surface area (TPSA) is 35.6 Å². The minimum atomic E-state index is -0.124. The van der Waals surface area contributed by atoms with Crippen LogP contribution < -0.4 is 10.2 Å². The van der Waals surface area contributed by atoms with Gasteiger partial charge in [-0.05, 0) is 42.9 Å². The number of hydrogen-bond acceptors (Lipinski definition) is 3. The van der Waals surface area contributed by atoms with E-state index in [1.54, 1.807) is 24.3 Å². The molecule has 3 rings (SSSR count). The minimum absolute atomic E-state index is 0.124. The molecule has 0 spiro atoms. The summed E-state index contributed by atoms with van der Waals surface area (Å²) in [6.07, 6.45) is 0.214. The van der Waals surface area contributed by atoms with Gasteiger partial charge in [-0.25, -0.2) is 0 Å². The summed E-state index contributed by atoms with van der Waals surface area (Å²) in [6, 6.07) is 10.8. The molecular weight excluding hydrogens is 393 g/mol. The number of benzene rings is 2. The van der Waals surface area contributed by atoms with Gasteiger partial charge in [0.1, 0.15) is 0 Å². The molecule has 0 aromatic heterocycles. The predicted octanol–water partition coefficient (Wildman–Crippen LogP) is 4.58. The van der Waals surface area contributed by atoms with Crippen molar-refractivity contribution in [3.8, 4) is 0 Å². The smallest absolute Gasteiger partial charge is 0.228 e. The number of rotatable bonds is 4. The van der Waals surface area contributed by atoms with Crippen LogP contribution in [0.1, 0.15) is 5.56 Å². The lowest BCUT2D eigenvalue weighted by atomic mass is 10.1. The lowest BCUT2D eigenvalue weighted by molar-refractivity contribution is -0.115. The number of likely N-dealkylation sites (N-methyl/N-ethyl adjacent to an activating group) is 1. The Bertz CT molecular complexity index is 805. The summed E-state index contributed by atoms with van der Waals surface area (Å²) in [6.45, 7) is 3.79. The van der Waals surface area contributed by atoms with Gasteiger partial charge in [0.25, 0.3) is 0 Å². The monoisotopic (exact) mass is 411 g/mol. The molecule has 0 aliphatic carbocycles. The van der Waals surface area contributed by atoms with E-state index in [9.17, 15) is 4.79 Å². The first kappa shape index (κ1) is 19.3. The van der Waals surface area contributed by atoms with Gasteiger partial charge in [-0.1, -0.05) is 40.9 Å². The zero-order valence-electron chi connectivity index (χ0n) is 14.4. The largest absolute Gasteiger partial charge is 0.367 e. The van der Waals surface area contributed by atoms with Crippen LogP contribution in [0.2, 0.25) is 15.1 Å².